The predicted octanol–water partition coefficient (Wildman–Crippen LogP) is 2.81. The fourth-order valence-corrected chi connectivity index (χ4v) is 7.89. The summed E-state index contributed by atoms with van der Waals surface area (Å²) >= 11 is 1.59. The van der Waals surface area contributed by atoms with E-state index in [1.54, 1.807) is 16.2 Å². The van der Waals surface area contributed by atoms with Crippen LogP contribution < -0.4 is 4.90 Å². The van der Waals surface area contributed by atoms with E-state index in [9.17, 15) is 13.2 Å². The minimum absolute atomic E-state index is 0.0634. The molecule has 11 nitrogen and oxygen atoms in total. The fraction of sp³-hybridized carbons (Fsp3) is 0.481. The highest BCUT2D eigenvalue weighted by Gasteiger charge is 2.31. The van der Waals surface area contributed by atoms with E-state index in [2.05, 4.69) is 11.8 Å². The maximum Gasteiger partial charge on any atom is 0.238 e. The highest BCUT2D eigenvalue weighted by atomic mass is 32.2. The van der Waals surface area contributed by atoms with E-state index in [4.69, 9.17) is 19.7 Å². The highest BCUT2D eigenvalue weighted by Crippen LogP contribution is 2.35. The number of sulfonamides is 1. The van der Waals surface area contributed by atoms with Gasteiger partial charge in [-0.1, -0.05) is 26.0 Å². The largest absolute Gasteiger partial charge is 0.378 e. The number of morpholine rings is 1. The minimum atomic E-state index is -3.40. The molecule has 1 amide bonds. The molecule has 2 fully saturated rings. The Kier molecular flexibility index (Phi) is 7.46. The van der Waals surface area contributed by atoms with Crippen molar-refractivity contribution >= 4 is 54.3 Å². The first-order valence-corrected chi connectivity index (χ1v) is 16.2. The van der Waals surface area contributed by atoms with Crippen molar-refractivity contribution in [3.8, 4) is 5.95 Å². The van der Waals surface area contributed by atoms with E-state index in [1.165, 1.54) is 4.31 Å². The average Bonchev–Trinajstić information content (AvgIpc) is 3.54. The van der Waals surface area contributed by atoms with Crippen LogP contribution in [0.5, 0.6) is 0 Å². The molecule has 212 valence electrons. The number of ether oxygens (including phenoxy) is 1. The van der Waals surface area contributed by atoms with Gasteiger partial charge in [0.2, 0.25) is 21.9 Å². The zero-order chi connectivity index (χ0) is 27.9. The van der Waals surface area contributed by atoms with E-state index in [1.807, 2.05) is 41.8 Å². The van der Waals surface area contributed by atoms with Gasteiger partial charge in [-0.2, -0.15) is 9.29 Å². The number of carbonyl (C=O) groups excluding carboxylic acids is 1. The number of para-hydroxylation sites is 2. The second-order valence-electron chi connectivity index (χ2n) is 10.0. The van der Waals surface area contributed by atoms with Crippen LogP contribution in [0.1, 0.15) is 31.0 Å². The Balaban J connectivity index is 1.36. The summed E-state index contributed by atoms with van der Waals surface area (Å²) in [6.45, 7) is 7.62. The molecule has 13 heteroatoms. The van der Waals surface area contributed by atoms with Crippen LogP contribution in [0.15, 0.2) is 30.3 Å². The number of hydrogen-bond donors (Lipinski definition) is 0. The summed E-state index contributed by atoms with van der Waals surface area (Å²) in [6, 6.07) is 10.0. The van der Waals surface area contributed by atoms with E-state index >= 15 is 0 Å². The molecular formula is C27H33N7O4S2. The lowest BCUT2D eigenvalue weighted by atomic mass is 10.3. The molecule has 40 heavy (non-hydrogen) atoms. The van der Waals surface area contributed by atoms with Gasteiger partial charge in [-0.15, -0.1) is 11.3 Å². The molecule has 2 saturated heterocycles. The molecule has 0 saturated carbocycles. The van der Waals surface area contributed by atoms with Crippen LogP contribution in [0.2, 0.25) is 0 Å². The predicted molar refractivity (Wildman–Crippen MR) is 156 cm³/mol. The zero-order valence-electron chi connectivity index (χ0n) is 22.7. The molecule has 5 heterocycles. The van der Waals surface area contributed by atoms with Gasteiger partial charge in [0.15, 0.2) is 5.82 Å². The molecule has 0 N–H and O–H groups in total. The Bertz CT molecular complexity index is 1660. The van der Waals surface area contributed by atoms with Crippen molar-refractivity contribution in [1.82, 2.24) is 28.7 Å². The van der Waals surface area contributed by atoms with Gasteiger partial charge < -0.3 is 14.5 Å². The monoisotopic (exact) mass is 583 g/mol. The quantitative estimate of drug-likeness (QED) is 0.311. The summed E-state index contributed by atoms with van der Waals surface area (Å²) in [5, 5.41) is 0. The molecule has 1 aromatic carbocycles. The van der Waals surface area contributed by atoms with Gasteiger partial charge in [-0.05, 0) is 24.6 Å². The summed E-state index contributed by atoms with van der Waals surface area (Å²) < 4.78 is 34.9. The Labute approximate surface area is 237 Å². The number of thiophene rings is 1. The zero-order valence-corrected chi connectivity index (χ0v) is 24.4. The van der Waals surface area contributed by atoms with E-state index in [-0.39, 0.29) is 18.2 Å². The van der Waals surface area contributed by atoms with Crippen LogP contribution in [0.4, 0.5) is 5.82 Å². The third kappa shape index (κ3) is 5.06. The number of amides is 1. The number of aromatic nitrogens is 4. The first-order chi connectivity index (χ1) is 19.4. The van der Waals surface area contributed by atoms with Gasteiger partial charge in [0.1, 0.15) is 5.82 Å². The summed E-state index contributed by atoms with van der Waals surface area (Å²) in [7, 11) is -3.40. The molecule has 0 bridgehead atoms. The number of nitrogens with zero attached hydrogens (tertiary/aromatic N) is 7. The number of anilines is 1. The summed E-state index contributed by atoms with van der Waals surface area (Å²) in [6.07, 6.45) is 1.27. The molecule has 2 aliphatic rings. The van der Waals surface area contributed by atoms with Crippen LogP contribution in [0, 0.1) is 0 Å². The maximum absolute atomic E-state index is 13.0. The Hall–Kier alpha value is -3.13. The first-order valence-electron chi connectivity index (χ1n) is 13.7. The third-order valence-electron chi connectivity index (χ3n) is 7.34. The average molecular weight is 584 g/mol. The normalized spacial score (nSPS) is 17.4. The van der Waals surface area contributed by atoms with Crippen molar-refractivity contribution < 1.29 is 17.9 Å². The van der Waals surface area contributed by atoms with Crippen molar-refractivity contribution in [2.75, 3.05) is 56.6 Å². The molecular weight excluding hydrogens is 550 g/mol. The van der Waals surface area contributed by atoms with Gasteiger partial charge in [0.05, 0.1) is 53.3 Å². The summed E-state index contributed by atoms with van der Waals surface area (Å²) in [5.74, 6) is 2.22. The van der Waals surface area contributed by atoms with Crippen LogP contribution in [0.25, 0.3) is 27.2 Å². The maximum atomic E-state index is 13.0. The Morgan fingerprint density at radius 1 is 1.00 bits per heavy atom. The number of aryl methyl sites for hydroxylation is 1. The van der Waals surface area contributed by atoms with Crippen LogP contribution >= 0.6 is 11.3 Å². The lowest BCUT2D eigenvalue weighted by Gasteiger charge is -2.33. The molecule has 4 aromatic rings. The number of fused-ring (bicyclic) bond motifs is 2. The van der Waals surface area contributed by atoms with Gasteiger partial charge in [0.25, 0.3) is 0 Å². The van der Waals surface area contributed by atoms with Gasteiger partial charge in [-0.3, -0.25) is 9.36 Å². The summed E-state index contributed by atoms with van der Waals surface area (Å²) in [5.41, 5.74) is 2.69. The molecule has 0 aliphatic carbocycles. The van der Waals surface area contributed by atoms with E-state index < -0.39 is 10.0 Å². The number of piperazine rings is 1. The van der Waals surface area contributed by atoms with Gasteiger partial charge in [-0.25, -0.2) is 18.4 Å². The molecule has 0 atom stereocenters. The smallest absolute Gasteiger partial charge is 0.238 e. The van der Waals surface area contributed by atoms with Crippen LogP contribution in [-0.2, 0) is 32.5 Å². The van der Waals surface area contributed by atoms with Crippen molar-refractivity contribution in [2.45, 2.75) is 33.2 Å². The molecule has 0 unspecified atom stereocenters. The summed E-state index contributed by atoms with van der Waals surface area (Å²) in [4.78, 5) is 32.8. The molecule has 0 spiro atoms. The molecule has 6 rings (SSSR count). The van der Waals surface area contributed by atoms with Gasteiger partial charge in [0, 0.05) is 37.5 Å². The molecule has 2 aliphatic heterocycles. The number of hydrogen-bond acceptors (Lipinski definition) is 9. The van der Waals surface area contributed by atoms with Crippen molar-refractivity contribution in [3.05, 3.63) is 41.0 Å². The van der Waals surface area contributed by atoms with Crippen LogP contribution in [0.3, 0.4) is 0 Å². The second-order valence-corrected chi connectivity index (χ2v) is 13.3. The fourth-order valence-electron chi connectivity index (χ4n) is 5.32. The highest BCUT2D eigenvalue weighted by molar-refractivity contribution is 7.89. The first kappa shape index (κ1) is 27.1. The van der Waals surface area contributed by atoms with Crippen molar-refractivity contribution in [1.29, 1.82) is 0 Å². The van der Waals surface area contributed by atoms with Gasteiger partial charge >= 0.3 is 0 Å². The number of rotatable bonds is 8. The van der Waals surface area contributed by atoms with Crippen molar-refractivity contribution in [2.24, 2.45) is 0 Å². The number of benzene rings is 1. The Morgan fingerprint density at radius 2 is 1.80 bits per heavy atom. The minimum Gasteiger partial charge on any atom is -0.378 e. The topological polar surface area (TPSA) is 114 Å². The number of carbonyl (C=O) groups is 1. The standard InChI is InChI=1S/C27H33N7O4S2/c1-3-15-40(36,37)33-10-9-32(24(35)18-33)17-19-16-21-25(39-19)26(31-11-13-38-14-12-31)30-27(29-21)34-22-8-6-5-7-20(22)28-23(34)4-2/h5-8,16H,3-4,9-15,17-18H2,1-2H3. The lowest BCUT2D eigenvalue weighted by molar-refractivity contribution is -0.134. The molecule has 3 aromatic heterocycles. The molecule has 0 radical (unpaired) electrons. The second kappa shape index (κ2) is 11.0. The van der Waals surface area contributed by atoms with E-state index in [0.717, 1.165) is 57.3 Å². The third-order valence-corrected chi connectivity index (χ3v) is 10.5. The lowest BCUT2D eigenvalue weighted by Crippen LogP contribution is -2.52. The van der Waals surface area contributed by atoms with E-state index in [0.29, 0.717) is 45.2 Å². The van der Waals surface area contributed by atoms with Crippen molar-refractivity contribution in [3.63, 3.8) is 0 Å². The Morgan fingerprint density at radius 3 is 2.55 bits per heavy atom. The SMILES string of the molecule is CCCS(=O)(=O)N1CCN(Cc2cc3nc(-n4c(CC)nc5ccccc54)nc(N4CCOCC4)c3s2)C(=O)C1. The number of imidazole rings is 1. The van der Waals surface area contributed by atoms with Crippen LogP contribution in [-0.4, -0.2) is 94.7 Å².